The van der Waals surface area contributed by atoms with Gasteiger partial charge in [-0.2, -0.15) is 0 Å². The summed E-state index contributed by atoms with van der Waals surface area (Å²) in [7, 11) is 0. The third-order valence-electron chi connectivity index (χ3n) is 3.37. The normalized spacial score (nSPS) is 13.2. The largest absolute Gasteiger partial charge is 0.480 e. The average molecular weight is 322 g/mol. The Balaban J connectivity index is 2.83. The minimum Gasteiger partial charge on any atom is -0.480 e. The molecule has 2 atom stereocenters. The second-order valence-corrected chi connectivity index (χ2v) is 5.52. The third-order valence-corrected chi connectivity index (χ3v) is 3.37. The fraction of sp³-hybridized carbons (Fsp3) is 0.438. The second-order valence-electron chi connectivity index (χ2n) is 5.52. The molecule has 1 aromatic rings. The molecule has 7 nitrogen and oxygen atoms in total. The van der Waals surface area contributed by atoms with Gasteiger partial charge in [-0.15, -0.1) is 0 Å². The molecule has 0 bridgehead atoms. The Morgan fingerprint density at radius 1 is 1.09 bits per heavy atom. The van der Waals surface area contributed by atoms with Crippen LogP contribution in [-0.2, 0) is 20.9 Å². The van der Waals surface area contributed by atoms with E-state index in [2.05, 4.69) is 5.32 Å². The highest BCUT2D eigenvalue weighted by Gasteiger charge is 2.25. The SMILES string of the molecule is Cc1ccc(CN(CC(=O)O)C(=O)[C@H](C)NC(C)C(=O)O)cc1. The Bertz CT molecular complexity index is 570. The van der Waals surface area contributed by atoms with Crippen LogP contribution in [0.3, 0.4) is 0 Å². The van der Waals surface area contributed by atoms with Crippen molar-refractivity contribution in [2.75, 3.05) is 6.54 Å². The number of hydrogen-bond donors (Lipinski definition) is 3. The van der Waals surface area contributed by atoms with Crippen molar-refractivity contribution in [1.82, 2.24) is 10.2 Å². The van der Waals surface area contributed by atoms with Crippen molar-refractivity contribution >= 4 is 17.8 Å². The summed E-state index contributed by atoms with van der Waals surface area (Å²) in [6.45, 7) is 4.59. The van der Waals surface area contributed by atoms with Gasteiger partial charge in [-0.3, -0.25) is 19.7 Å². The molecule has 0 heterocycles. The summed E-state index contributed by atoms with van der Waals surface area (Å²) in [6.07, 6.45) is 0. The van der Waals surface area contributed by atoms with E-state index in [4.69, 9.17) is 10.2 Å². The molecule has 0 fully saturated rings. The first-order valence-electron chi connectivity index (χ1n) is 7.25. The zero-order valence-electron chi connectivity index (χ0n) is 13.4. The average Bonchev–Trinajstić information content (AvgIpc) is 2.47. The van der Waals surface area contributed by atoms with Gasteiger partial charge in [0.25, 0.3) is 0 Å². The Morgan fingerprint density at radius 3 is 2.13 bits per heavy atom. The van der Waals surface area contributed by atoms with Crippen molar-refractivity contribution in [3.8, 4) is 0 Å². The van der Waals surface area contributed by atoms with Crippen LogP contribution in [0.4, 0.5) is 0 Å². The molecule has 0 aromatic heterocycles. The number of carbonyl (C=O) groups is 3. The van der Waals surface area contributed by atoms with Crippen LogP contribution in [0.15, 0.2) is 24.3 Å². The summed E-state index contributed by atoms with van der Waals surface area (Å²) in [5.74, 6) is -2.65. The molecule has 126 valence electrons. The lowest BCUT2D eigenvalue weighted by Crippen LogP contribution is -2.50. The van der Waals surface area contributed by atoms with Crippen molar-refractivity contribution in [3.63, 3.8) is 0 Å². The molecule has 0 saturated heterocycles. The summed E-state index contributed by atoms with van der Waals surface area (Å²) in [4.78, 5) is 35.5. The number of benzene rings is 1. The van der Waals surface area contributed by atoms with Gasteiger partial charge in [-0.25, -0.2) is 0 Å². The van der Waals surface area contributed by atoms with E-state index in [0.29, 0.717) is 0 Å². The quantitative estimate of drug-likeness (QED) is 0.655. The lowest BCUT2D eigenvalue weighted by atomic mass is 10.1. The van der Waals surface area contributed by atoms with Crippen molar-refractivity contribution in [3.05, 3.63) is 35.4 Å². The van der Waals surface area contributed by atoms with Gasteiger partial charge in [0.1, 0.15) is 12.6 Å². The highest BCUT2D eigenvalue weighted by atomic mass is 16.4. The number of nitrogens with zero attached hydrogens (tertiary/aromatic N) is 1. The maximum atomic E-state index is 12.4. The first-order chi connectivity index (χ1) is 10.7. The predicted molar refractivity (Wildman–Crippen MR) is 83.9 cm³/mol. The lowest BCUT2D eigenvalue weighted by molar-refractivity contribution is -0.146. The maximum absolute atomic E-state index is 12.4. The Kier molecular flexibility index (Phi) is 6.71. The van der Waals surface area contributed by atoms with Crippen LogP contribution in [0.25, 0.3) is 0 Å². The number of aryl methyl sites for hydroxylation is 1. The maximum Gasteiger partial charge on any atom is 0.323 e. The topological polar surface area (TPSA) is 107 Å². The monoisotopic (exact) mass is 322 g/mol. The first-order valence-corrected chi connectivity index (χ1v) is 7.25. The number of amides is 1. The molecule has 0 saturated carbocycles. The van der Waals surface area contributed by atoms with Crippen LogP contribution < -0.4 is 5.32 Å². The number of hydrogen-bond acceptors (Lipinski definition) is 4. The van der Waals surface area contributed by atoms with Gasteiger partial charge < -0.3 is 15.1 Å². The summed E-state index contributed by atoms with van der Waals surface area (Å²) in [6, 6.07) is 5.72. The standard InChI is InChI=1S/C16H22N2O5/c1-10-4-6-13(7-5-10)8-18(9-14(19)20)15(21)11(2)17-12(3)16(22)23/h4-7,11-12,17H,8-9H2,1-3H3,(H,19,20)(H,22,23)/t11-,12?/m0/s1. The molecule has 0 aliphatic heterocycles. The van der Waals surface area contributed by atoms with Crippen molar-refractivity contribution in [1.29, 1.82) is 0 Å². The van der Waals surface area contributed by atoms with Gasteiger partial charge in [0.05, 0.1) is 6.04 Å². The highest BCUT2D eigenvalue weighted by Crippen LogP contribution is 2.09. The first kappa shape index (κ1) is 18.6. The lowest BCUT2D eigenvalue weighted by Gasteiger charge is -2.26. The molecule has 1 amide bonds. The summed E-state index contributed by atoms with van der Waals surface area (Å²) in [5.41, 5.74) is 1.87. The minimum atomic E-state index is -1.12. The van der Waals surface area contributed by atoms with E-state index < -0.39 is 36.5 Å². The van der Waals surface area contributed by atoms with Gasteiger partial charge in [0, 0.05) is 6.54 Å². The van der Waals surface area contributed by atoms with E-state index in [0.717, 1.165) is 11.1 Å². The number of carboxylic acids is 2. The fourth-order valence-corrected chi connectivity index (χ4v) is 2.08. The molecule has 0 aliphatic carbocycles. The second kappa shape index (κ2) is 8.28. The molecule has 1 rings (SSSR count). The smallest absolute Gasteiger partial charge is 0.323 e. The summed E-state index contributed by atoms with van der Waals surface area (Å²) >= 11 is 0. The number of carbonyl (C=O) groups excluding carboxylic acids is 1. The Hall–Kier alpha value is -2.41. The van der Waals surface area contributed by atoms with Crippen molar-refractivity contribution in [2.24, 2.45) is 0 Å². The predicted octanol–water partition coefficient (Wildman–Crippen LogP) is 0.859. The molecule has 0 spiro atoms. The molecule has 3 N–H and O–H groups in total. The molecule has 23 heavy (non-hydrogen) atoms. The van der Waals surface area contributed by atoms with Gasteiger partial charge in [0.15, 0.2) is 0 Å². The Morgan fingerprint density at radius 2 is 1.65 bits per heavy atom. The number of rotatable bonds is 8. The van der Waals surface area contributed by atoms with Crippen LogP contribution in [-0.4, -0.2) is 51.6 Å². The summed E-state index contributed by atoms with van der Waals surface area (Å²) in [5, 5.41) is 20.5. The van der Waals surface area contributed by atoms with Crippen LogP contribution >= 0.6 is 0 Å². The molecule has 0 radical (unpaired) electrons. The van der Waals surface area contributed by atoms with Crippen LogP contribution in [0, 0.1) is 6.92 Å². The molecule has 1 aromatic carbocycles. The Labute approximate surface area is 134 Å². The van der Waals surface area contributed by atoms with Gasteiger partial charge in [0.2, 0.25) is 5.91 Å². The van der Waals surface area contributed by atoms with E-state index in [1.54, 1.807) is 0 Å². The summed E-state index contributed by atoms with van der Waals surface area (Å²) < 4.78 is 0. The molecule has 7 heteroatoms. The fourth-order valence-electron chi connectivity index (χ4n) is 2.08. The van der Waals surface area contributed by atoms with E-state index >= 15 is 0 Å². The van der Waals surface area contributed by atoms with Gasteiger partial charge >= 0.3 is 11.9 Å². The number of nitrogens with one attached hydrogen (secondary N) is 1. The third kappa shape index (κ3) is 6.07. The zero-order chi connectivity index (χ0) is 17.6. The zero-order valence-corrected chi connectivity index (χ0v) is 13.4. The van der Waals surface area contributed by atoms with Gasteiger partial charge in [-0.05, 0) is 26.3 Å². The van der Waals surface area contributed by atoms with E-state index in [1.165, 1.54) is 18.7 Å². The van der Waals surface area contributed by atoms with Crippen LogP contribution in [0.5, 0.6) is 0 Å². The number of carboxylic acid groups (broad SMARTS) is 2. The molecule has 0 aliphatic rings. The molecular formula is C16H22N2O5. The van der Waals surface area contributed by atoms with Crippen LogP contribution in [0.2, 0.25) is 0 Å². The highest BCUT2D eigenvalue weighted by molar-refractivity contribution is 5.85. The van der Waals surface area contributed by atoms with E-state index in [-0.39, 0.29) is 6.54 Å². The van der Waals surface area contributed by atoms with E-state index in [1.807, 2.05) is 31.2 Å². The minimum absolute atomic E-state index is 0.152. The number of aliphatic carboxylic acids is 2. The molecular weight excluding hydrogens is 300 g/mol. The van der Waals surface area contributed by atoms with Crippen molar-refractivity contribution < 1.29 is 24.6 Å². The van der Waals surface area contributed by atoms with Gasteiger partial charge in [-0.1, -0.05) is 29.8 Å². The van der Waals surface area contributed by atoms with Crippen LogP contribution in [0.1, 0.15) is 25.0 Å². The van der Waals surface area contributed by atoms with E-state index in [9.17, 15) is 14.4 Å². The van der Waals surface area contributed by atoms with Crippen molar-refractivity contribution in [2.45, 2.75) is 39.4 Å². The molecule has 1 unspecified atom stereocenters.